The molecule has 23 heavy (non-hydrogen) atoms. The van der Waals surface area contributed by atoms with Crippen LogP contribution in [-0.4, -0.2) is 34.3 Å². The van der Waals surface area contributed by atoms with E-state index in [1.165, 1.54) is 12.1 Å². The molecule has 0 aliphatic heterocycles. The number of aromatic nitrogens is 2. The van der Waals surface area contributed by atoms with Crippen LogP contribution in [0.4, 0.5) is 4.39 Å². The highest BCUT2D eigenvalue weighted by atomic mass is 32.1. The van der Waals surface area contributed by atoms with E-state index in [1.54, 1.807) is 30.5 Å². The fourth-order valence-electron chi connectivity index (χ4n) is 2.35. The van der Waals surface area contributed by atoms with Gasteiger partial charge in [-0.25, -0.2) is 9.37 Å². The Labute approximate surface area is 138 Å². The Morgan fingerprint density at radius 2 is 2.17 bits per heavy atom. The van der Waals surface area contributed by atoms with E-state index in [2.05, 4.69) is 15.3 Å². The van der Waals surface area contributed by atoms with Crippen LogP contribution in [0.2, 0.25) is 0 Å². The van der Waals surface area contributed by atoms with Crippen molar-refractivity contribution >= 4 is 22.3 Å². The lowest BCUT2D eigenvalue weighted by atomic mass is 10.2. The van der Waals surface area contributed by atoms with Gasteiger partial charge in [-0.1, -0.05) is 12.1 Å². The molecule has 0 aliphatic carbocycles. The molecule has 1 aromatic carbocycles. The van der Waals surface area contributed by atoms with Gasteiger partial charge >= 0.3 is 0 Å². The second-order valence-corrected chi connectivity index (χ2v) is 6.08. The molecule has 0 unspecified atom stereocenters. The fraction of sp³-hybridized carbons (Fsp3) is 0.250. The van der Waals surface area contributed by atoms with Crippen molar-refractivity contribution in [3.8, 4) is 0 Å². The van der Waals surface area contributed by atoms with E-state index in [0.717, 1.165) is 22.2 Å². The summed E-state index contributed by atoms with van der Waals surface area (Å²) in [4.78, 5) is 11.8. The summed E-state index contributed by atoms with van der Waals surface area (Å²) in [6.45, 7) is 1.26. The van der Waals surface area contributed by atoms with E-state index in [1.807, 2.05) is 34.1 Å². The van der Waals surface area contributed by atoms with Crippen LogP contribution in [0, 0.1) is 5.82 Å². The molecule has 2 aromatic heterocycles. The minimum Gasteiger partial charge on any atom is -0.351 e. The summed E-state index contributed by atoms with van der Waals surface area (Å²) in [5.41, 5.74) is 1.99. The Morgan fingerprint density at radius 3 is 2.87 bits per heavy atom. The van der Waals surface area contributed by atoms with Gasteiger partial charge < -0.3 is 10.2 Å². The van der Waals surface area contributed by atoms with Crippen LogP contribution >= 0.6 is 11.3 Å². The van der Waals surface area contributed by atoms with Crippen LogP contribution in [-0.2, 0) is 13.1 Å². The first-order valence-electron chi connectivity index (χ1n) is 7.23. The Balaban J connectivity index is 1.60. The lowest BCUT2D eigenvalue weighted by Gasteiger charge is -2.21. The van der Waals surface area contributed by atoms with Crippen LogP contribution in [0.15, 0.2) is 47.0 Å². The molecule has 120 valence electrons. The number of halogens is 1. The number of fused-ring (bicyclic) bond motifs is 1. The van der Waals surface area contributed by atoms with Crippen LogP contribution in [0.3, 0.4) is 0 Å². The normalized spacial score (nSPS) is 11.9. The van der Waals surface area contributed by atoms with Crippen molar-refractivity contribution in [2.45, 2.75) is 13.1 Å². The van der Waals surface area contributed by atoms with E-state index >= 15 is 0 Å². The Bertz CT molecular complexity index is 777. The third-order valence-electron chi connectivity index (χ3n) is 3.48. The van der Waals surface area contributed by atoms with Gasteiger partial charge in [-0.3, -0.25) is 9.39 Å². The SMILES string of the molecule is CN=C(NCc1cn2ccsc2n1)N(C)Cc1ccc(F)cc1. The van der Waals surface area contributed by atoms with Crippen molar-refractivity contribution in [2.24, 2.45) is 4.99 Å². The van der Waals surface area contributed by atoms with Crippen molar-refractivity contribution in [1.82, 2.24) is 19.6 Å². The quantitative estimate of drug-likeness (QED) is 0.591. The lowest BCUT2D eigenvalue weighted by molar-refractivity contribution is 0.475. The lowest BCUT2D eigenvalue weighted by Crippen LogP contribution is -2.38. The second kappa shape index (κ2) is 6.78. The van der Waals surface area contributed by atoms with Gasteiger partial charge in [0, 0.05) is 38.4 Å². The average Bonchev–Trinajstić information content (AvgIpc) is 3.11. The molecular weight excluding hydrogens is 313 g/mol. The summed E-state index contributed by atoms with van der Waals surface area (Å²) in [6.07, 6.45) is 4.00. The molecule has 2 heterocycles. The van der Waals surface area contributed by atoms with E-state index < -0.39 is 0 Å². The number of benzene rings is 1. The predicted molar refractivity (Wildman–Crippen MR) is 91.1 cm³/mol. The number of hydrogen-bond acceptors (Lipinski definition) is 3. The molecule has 0 spiro atoms. The molecule has 0 saturated carbocycles. The van der Waals surface area contributed by atoms with Crippen molar-refractivity contribution in [3.05, 3.63) is 59.1 Å². The molecule has 3 aromatic rings. The summed E-state index contributed by atoms with van der Waals surface area (Å²) >= 11 is 1.61. The van der Waals surface area contributed by atoms with Gasteiger partial charge in [0.25, 0.3) is 0 Å². The number of guanidine groups is 1. The number of thiazole rings is 1. The number of nitrogens with zero attached hydrogens (tertiary/aromatic N) is 4. The summed E-state index contributed by atoms with van der Waals surface area (Å²) in [7, 11) is 3.69. The van der Waals surface area contributed by atoms with Gasteiger partial charge in [0.15, 0.2) is 10.9 Å². The maximum absolute atomic E-state index is 13.0. The Kier molecular flexibility index (Phi) is 4.57. The smallest absolute Gasteiger partial charge is 0.194 e. The first-order valence-corrected chi connectivity index (χ1v) is 8.11. The first kappa shape index (κ1) is 15.5. The third-order valence-corrected chi connectivity index (χ3v) is 4.25. The van der Waals surface area contributed by atoms with E-state index in [4.69, 9.17) is 0 Å². The van der Waals surface area contributed by atoms with Crippen molar-refractivity contribution in [1.29, 1.82) is 0 Å². The molecular formula is C16H18FN5S. The molecule has 0 saturated heterocycles. The van der Waals surface area contributed by atoms with Crippen molar-refractivity contribution in [3.63, 3.8) is 0 Å². The summed E-state index contributed by atoms with van der Waals surface area (Å²) in [5, 5.41) is 5.31. The predicted octanol–water partition coefficient (Wildman–Crippen LogP) is 2.74. The molecule has 5 nitrogen and oxygen atoms in total. The molecule has 0 amide bonds. The number of imidazole rings is 1. The topological polar surface area (TPSA) is 44.9 Å². The highest BCUT2D eigenvalue weighted by Gasteiger charge is 2.08. The fourth-order valence-corrected chi connectivity index (χ4v) is 3.07. The van der Waals surface area contributed by atoms with Crippen LogP contribution in [0.5, 0.6) is 0 Å². The zero-order chi connectivity index (χ0) is 16.2. The minimum absolute atomic E-state index is 0.223. The van der Waals surface area contributed by atoms with Gasteiger partial charge in [0.05, 0.1) is 12.2 Å². The number of rotatable bonds is 4. The molecule has 3 rings (SSSR count). The standard InChI is InChI=1S/C16H18FN5S/c1-18-15(21(2)10-12-3-5-13(17)6-4-12)19-9-14-11-22-7-8-23-16(22)20-14/h3-8,11H,9-10H2,1-2H3,(H,18,19). The molecule has 0 fully saturated rings. The molecule has 0 aliphatic rings. The Morgan fingerprint density at radius 1 is 1.39 bits per heavy atom. The molecule has 0 radical (unpaired) electrons. The monoisotopic (exact) mass is 331 g/mol. The van der Waals surface area contributed by atoms with Crippen LogP contribution < -0.4 is 5.32 Å². The van der Waals surface area contributed by atoms with Crippen LogP contribution in [0.1, 0.15) is 11.3 Å². The number of nitrogens with one attached hydrogen (secondary N) is 1. The molecule has 0 bridgehead atoms. The van der Waals surface area contributed by atoms with E-state index in [9.17, 15) is 4.39 Å². The third kappa shape index (κ3) is 3.68. The number of aliphatic imine (C=N–C) groups is 1. The summed E-state index contributed by atoms with van der Waals surface area (Å²) in [6, 6.07) is 6.50. The zero-order valence-electron chi connectivity index (χ0n) is 13.0. The van der Waals surface area contributed by atoms with E-state index in [-0.39, 0.29) is 5.82 Å². The minimum atomic E-state index is -0.223. The highest BCUT2D eigenvalue weighted by molar-refractivity contribution is 7.15. The van der Waals surface area contributed by atoms with Gasteiger partial charge in [-0.05, 0) is 17.7 Å². The van der Waals surface area contributed by atoms with Crippen LogP contribution in [0.25, 0.3) is 4.96 Å². The number of hydrogen-bond donors (Lipinski definition) is 1. The average molecular weight is 331 g/mol. The molecule has 7 heteroatoms. The summed E-state index contributed by atoms with van der Waals surface area (Å²) < 4.78 is 15.0. The van der Waals surface area contributed by atoms with Crippen molar-refractivity contribution in [2.75, 3.05) is 14.1 Å². The maximum atomic E-state index is 13.0. The highest BCUT2D eigenvalue weighted by Crippen LogP contribution is 2.11. The maximum Gasteiger partial charge on any atom is 0.194 e. The first-order chi connectivity index (χ1) is 11.2. The largest absolute Gasteiger partial charge is 0.351 e. The second-order valence-electron chi connectivity index (χ2n) is 5.21. The van der Waals surface area contributed by atoms with Gasteiger partial charge in [0.2, 0.25) is 0 Å². The van der Waals surface area contributed by atoms with Gasteiger partial charge in [-0.15, -0.1) is 11.3 Å². The summed E-state index contributed by atoms with van der Waals surface area (Å²) in [5.74, 6) is 0.546. The Hall–Kier alpha value is -2.41. The molecule has 0 atom stereocenters. The van der Waals surface area contributed by atoms with E-state index in [0.29, 0.717) is 13.1 Å². The van der Waals surface area contributed by atoms with Gasteiger partial charge in [0.1, 0.15) is 5.82 Å². The van der Waals surface area contributed by atoms with Gasteiger partial charge in [-0.2, -0.15) is 0 Å². The molecule has 1 N–H and O–H groups in total. The zero-order valence-corrected chi connectivity index (χ0v) is 13.8. The van der Waals surface area contributed by atoms with Crippen molar-refractivity contribution < 1.29 is 4.39 Å².